The molecule has 1 N–H and O–H groups in total. The number of aliphatic hydroxyl groups excluding tert-OH is 1. The molecule has 2 nitrogen and oxygen atoms in total. The van der Waals surface area contributed by atoms with Gasteiger partial charge in [-0.15, -0.1) is 11.3 Å². The second-order valence-corrected chi connectivity index (χ2v) is 6.83. The molecular formula is C17H18FNOS. The van der Waals surface area contributed by atoms with Crippen LogP contribution >= 0.6 is 11.3 Å². The highest BCUT2D eigenvalue weighted by molar-refractivity contribution is 7.13. The highest BCUT2D eigenvalue weighted by Gasteiger charge is 2.32. The van der Waals surface area contributed by atoms with Crippen LogP contribution < -0.4 is 0 Å². The van der Waals surface area contributed by atoms with Crippen molar-refractivity contribution in [3.8, 4) is 10.6 Å². The number of aliphatic hydroxyl groups is 1. The van der Waals surface area contributed by atoms with Gasteiger partial charge in [-0.05, 0) is 62.9 Å². The fourth-order valence-corrected chi connectivity index (χ4v) is 3.43. The van der Waals surface area contributed by atoms with E-state index in [1.54, 1.807) is 12.1 Å². The van der Waals surface area contributed by atoms with Crippen LogP contribution in [0.1, 0.15) is 38.8 Å². The summed E-state index contributed by atoms with van der Waals surface area (Å²) in [5, 5.41) is 13.3. The molecule has 1 fully saturated rings. The van der Waals surface area contributed by atoms with E-state index in [9.17, 15) is 9.50 Å². The zero-order valence-corrected chi connectivity index (χ0v) is 13.0. The zero-order valence-electron chi connectivity index (χ0n) is 12.2. The fraction of sp³-hybridized carbons (Fsp3) is 0.353. The first kappa shape index (κ1) is 14.3. The Hall–Kier alpha value is -1.68. The lowest BCUT2D eigenvalue weighted by atomic mass is 9.79. The third kappa shape index (κ3) is 2.60. The third-order valence-electron chi connectivity index (χ3n) is 4.12. The van der Waals surface area contributed by atoms with E-state index in [1.165, 1.54) is 23.5 Å². The standard InChI is InChI=1S/C17H18FNOS/c1-17(2,15(20)11-4-3-5-11)14-10-21-16(19-14)12-6-8-13(18)9-7-12/h6-10,20H,3-5H2,1-2H3. The van der Waals surface area contributed by atoms with Crippen LogP contribution in [0.25, 0.3) is 10.6 Å². The summed E-state index contributed by atoms with van der Waals surface area (Å²) in [4.78, 5) is 4.65. The maximum atomic E-state index is 13.0. The van der Waals surface area contributed by atoms with Gasteiger partial charge in [-0.25, -0.2) is 9.37 Å². The van der Waals surface area contributed by atoms with E-state index in [4.69, 9.17) is 0 Å². The molecule has 3 rings (SSSR count). The van der Waals surface area contributed by atoms with Crippen molar-refractivity contribution in [2.24, 2.45) is 0 Å². The van der Waals surface area contributed by atoms with Crippen LogP contribution in [-0.2, 0) is 5.41 Å². The number of benzene rings is 1. The average Bonchev–Trinajstić information content (AvgIpc) is 2.87. The van der Waals surface area contributed by atoms with Crippen molar-refractivity contribution >= 4 is 11.3 Å². The molecule has 1 saturated carbocycles. The minimum Gasteiger partial charge on any atom is -0.511 e. The average molecular weight is 303 g/mol. The predicted molar refractivity (Wildman–Crippen MR) is 84.0 cm³/mol. The molecular weight excluding hydrogens is 285 g/mol. The van der Waals surface area contributed by atoms with E-state index < -0.39 is 5.41 Å². The maximum absolute atomic E-state index is 13.0. The first-order valence-electron chi connectivity index (χ1n) is 7.12. The number of rotatable bonds is 3. The van der Waals surface area contributed by atoms with Gasteiger partial charge in [-0.2, -0.15) is 0 Å². The Labute approximate surface area is 128 Å². The van der Waals surface area contributed by atoms with Crippen molar-refractivity contribution in [2.75, 3.05) is 0 Å². The summed E-state index contributed by atoms with van der Waals surface area (Å²) in [6, 6.07) is 6.34. The van der Waals surface area contributed by atoms with E-state index in [-0.39, 0.29) is 5.82 Å². The molecule has 1 aromatic heterocycles. The molecule has 0 unspecified atom stereocenters. The lowest BCUT2D eigenvalue weighted by molar-refractivity contribution is 0.299. The first-order chi connectivity index (χ1) is 9.98. The molecule has 1 aliphatic carbocycles. The number of thiazole rings is 1. The summed E-state index contributed by atoms with van der Waals surface area (Å²) < 4.78 is 13.0. The highest BCUT2D eigenvalue weighted by Crippen LogP contribution is 2.39. The van der Waals surface area contributed by atoms with Crippen LogP contribution in [0.15, 0.2) is 41.0 Å². The third-order valence-corrected chi connectivity index (χ3v) is 5.01. The summed E-state index contributed by atoms with van der Waals surface area (Å²) in [7, 11) is 0. The highest BCUT2D eigenvalue weighted by atomic mass is 32.1. The van der Waals surface area contributed by atoms with Gasteiger partial charge in [0.1, 0.15) is 16.6 Å². The molecule has 0 saturated heterocycles. The predicted octanol–water partition coefficient (Wildman–Crippen LogP) is 5.22. The van der Waals surface area contributed by atoms with Gasteiger partial charge in [0.15, 0.2) is 0 Å². The van der Waals surface area contributed by atoms with Crippen molar-refractivity contribution in [3.63, 3.8) is 0 Å². The summed E-state index contributed by atoms with van der Waals surface area (Å²) in [6.45, 7) is 3.99. The number of hydrogen-bond acceptors (Lipinski definition) is 3. The topological polar surface area (TPSA) is 33.1 Å². The van der Waals surface area contributed by atoms with Crippen LogP contribution in [0.5, 0.6) is 0 Å². The van der Waals surface area contributed by atoms with E-state index in [0.717, 1.165) is 41.1 Å². The number of hydrogen-bond donors (Lipinski definition) is 1. The van der Waals surface area contributed by atoms with Gasteiger partial charge in [-0.1, -0.05) is 0 Å². The van der Waals surface area contributed by atoms with Gasteiger partial charge >= 0.3 is 0 Å². The first-order valence-corrected chi connectivity index (χ1v) is 8.00. The second kappa shape index (κ2) is 5.26. The number of halogens is 1. The number of nitrogens with zero attached hydrogens (tertiary/aromatic N) is 1. The van der Waals surface area contributed by atoms with Crippen molar-refractivity contribution in [3.05, 3.63) is 52.5 Å². The van der Waals surface area contributed by atoms with Gasteiger partial charge in [0.05, 0.1) is 11.1 Å². The van der Waals surface area contributed by atoms with Crippen molar-refractivity contribution in [1.29, 1.82) is 0 Å². The maximum Gasteiger partial charge on any atom is 0.123 e. The molecule has 110 valence electrons. The molecule has 0 aliphatic heterocycles. The SMILES string of the molecule is CC(C)(C(O)=C1CCC1)c1csc(-c2ccc(F)cc2)n1. The van der Waals surface area contributed by atoms with Crippen LogP contribution in [-0.4, -0.2) is 10.1 Å². The molecule has 21 heavy (non-hydrogen) atoms. The Bertz CT molecular complexity index is 679. The Morgan fingerprint density at radius 3 is 2.48 bits per heavy atom. The molecule has 1 heterocycles. The molecule has 0 amide bonds. The number of allylic oxidation sites excluding steroid dienone is 2. The summed E-state index contributed by atoms with van der Waals surface area (Å²) >= 11 is 1.52. The van der Waals surface area contributed by atoms with Crippen LogP contribution in [0.2, 0.25) is 0 Å². The normalized spacial score (nSPS) is 14.9. The van der Waals surface area contributed by atoms with Crippen molar-refractivity contribution in [1.82, 2.24) is 4.98 Å². The number of aromatic nitrogens is 1. The van der Waals surface area contributed by atoms with Gasteiger partial charge in [0.25, 0.3) is 0 Å². The molecule has 0 atom stereocenters. The monoisotopic (exact) mass is 303 g/mol. The fourth-order valence-electron chi connectivity index (χ4n) is 2.44. The van der Waals surface area contributed by atoms with Gasteiger partial charge in [0, 0.05) is 10.9 Å². The van der Waals surface area contributed by atoms with E-state index in [0.29, 0.717) is 5.76 Å². The quantitative estimate of drug-likeness (QED) is 0.788. The molecule has 4 heteroatoms. The minimum absolute atomic E-state index is 0.247. The molecule has 2 aromatic rings. The van der Waals surface area contributed by atoms with Crippen LogP contribution in [0, 0.1) is 5.82 Å². The Kier molecular flexibility index (Phi) is 3.57. The molecule has 1 aliphatic rings. The zero-order chi connectivity index (χ0) is 15.0. The smallest absolute Gasteiger partial charge is 0.123 e. The minimum atomic E-state index is -0.468. The Morgan fingerprint density at radius 1 is 1.24 bits per heavy atom. The van der Waals surface area contributed by atoms with Crippen LogP contribution in [0.3, 0.4) is 0 Å². The Morgan fingerprint density at radius 2 is 1.90 bits per heavy atom. The lowest BCUT2D eigenvalue weighted by Crippen LogP contribution is -2.24. The van der Waals surface area contributed by atoms with Crippen molar-refractivity contribution in [2.45, 2.75) is 38.5 Å². The second-order valence-electron chi connectivity index (χ2n) is 5.98. The van der Waals surface area contributed by atoms with E-state index in [1.807, 2.05) is 19.2 Å². The van der Waals surface area contributed by atoms with Crippen LogP contribution in [0.4, 0.5) is 4.39 Å². The van der Waals surface area contributed by atoms with Crippen molar-refractivity contribution < 1.29 is 9.50 Å². The summed E-state index contributed by atoms with van der Waals surface area (Å²) in [5.41, 5.74) is 2.45. The van der Waals surface area contributed by atoms with Gasteiger partial charge < -0.3 is 5.11 Å². The Balaban J connectivity index is 1.92. The van der Waals surface area contributed by atoms with Gasteiger partial charge in [-0.3, -0.25) is 0 Å². The summed E-state index contributed by atoms with van der Waals surface area (Å²) in [5.74, 6) is 0.216. The lowest BCUT2D eigenvalue weighted by Gasteiger charge is -2.28. The molecule has 0 radical (unpaired) electrons. The largest absolute Gasteiger partial charge is 0.511 e. The van der Waals surface area contributed by atoms with Gasteiger partial charge in [0.2, 0.25) is 0 Å². The molecule has 1 aromatic carbocycles. The van der Waals surface area contributed by atoms with E-state index >= 15 is 0 Å². The van der Waals surface area contributed by atoms with E-state index in [2.05, 4.69) is 4.98 Å². The molecule has 0 spiro atoms. The summed E-state index contributed by atoms with van der Waals surface area (Å²) in [6.07, 6.45) is 3.14. The molecule has 0 bridgehead atoms.